The summed E-state index contributed by atoms with van der Waals surface area (Å²) < 4.78 is 10.2. The van der Waals surface area contributed by atoms with Gasteiger partial charge in [0, 0.05) is 37.0 Å². The first-order chi connectivity index (χ1) is 14.6. The predicted molar refractivity (Wildman–Crippen MR) is 121 cm³/mol. The van der Waals surface area contributed by atoms with Crippen molar-refractivity contribution in [3.63, 3.8) is 0 Å². The molecule has 2 aromatic rings. The number of esters is 1. The van der Waals surface area contributed by atoms with Crippen molar-refractivity contribution in [2.24, 2.45) is 10.8 Å². The molecule has 4 rings (SSSR count). The first-order valence-corrected chi connectivity index (χ1v) is 10.9. The number of benzene rings is 1. The van der Waals surface area contributed by atoms with Crippen LogP contribution in [0.4, 0.5) is 5.69 Å². The maximum atomic E-state index is 12.9. The lowest BCUT2D eigenvalue weighted by Gasteiger charge is -2.39. The second kappa shape index (κ2) is 7.86. The van der Waals surface area contributed by atoms with Crippen molar-refractivity contribution >= 4 is 28.5 Å². The molecule has 1 aliphatic carbocycles. The number of hydrogen-bond donors (Lipinski definition) is 2. The van der Waals surface area contributed by atoms with Gasteiger partial charge in [-0.1, -0.05) is 20.8 Å². The topological polar surface area (TPSA) is 83.7 Å². The Hall–Kier alpha value is -2.54. The molecule has 2 heterocycles. The van der Waals surface area contributed by atoms with E-state index in [0.717, 1.165) is 18.5 Å². The third-order valence-electron chi connectivity index (χ3n) is 6.81. The minimum Gasteiger partial charge on any atom is -0.497 e. The lowest BCUT2D eigenvalue weighted by Crippen LogP contribution is -2.35. The average molecular weight is 428 g/mol. The molecule has 2 fully saturated rings. The number of hydrogen-bond acceptors (Lipinski definition) is 5. The summed E-state index contributed by atoms with van der Waals surface area (Å²) >= 11 is 0. The van der Waals surface area contributed by atoms with Gasteiger partial charge >= 0.3 is 5.97 Å². The molecule has 1 saturated heterocycles. The summed E-state index contributed by atoms with van der Waals surface area (Å²) in [5.41, 5.74) is 2.11. The molecule has 1 amide bonds. The van der Waals surface area contributed by atoms with E-state index in [1.807, 2.05) is 6.07 Å². The maximum absolute atomic E-state index is 12.9. The number of fused-ring (bicyclic) bond motifs is 3. The number of likely N-dealkylation sites (tertiary alicyclic amines) is 1. The normalized spacial score (nSPS) is 24.9. The van der Waals surface area contributed by atoms with Gasteiger partial charge in [0.25, 0.3) is 0 Å². The number of carbonyl (C=O) groups is 2. The van der Waals surface area contributed by atoms with Gasteiger partial charge in [-0.05, 0) is 42.2 Å². The summed E-state index contributed by atoms with van der Waals surface area (Å²) in [7, 11) is 2.91. The highest BCUT2D eigenvalue weighted by molar-refractivity contribution is 6.11. The SMILES string of the molecule is COC(=O)c1[nH]c2cc(OC)ccc2c1NC(=O)CCN1C[C@]2(C)C[C@H]1CC(C)(C)C2. The van der Waals surface area contributed by atoms with Crippen LogP contribution in [0.3, 0.4) is 0 Å². The number of nitrogens with zero attached hydrogens (tertiary/aromatic N) is 1. The molecule has 1 aromatic heterocycles. The van der Waals surface area contributed by atoms with Crippen LogP contribution in [0.15, 0.2) is 18.2 Å². The number of amides is 1. The Bertz CT molecular complexity index is 1010. The molecule has 1 aromatic carbocycles. The molecule has 1 aliphatic heterocycles. The van der Waals surface area contributed by atoms with Gasteiger partial charge in [-0.15, -0.1) is 0 Å². The number of methoxy groups -OCH3 is 2. The second-order valence-electron chi connectivity index (χ2n) is 10.3. The molecule has 2 aliphatic rings. The van der Waals surface area contributed by atoms with E-state index >= 15 is 0 Å². The minimum atomic E-state index is -0.519. The fourth-order valence-electron chi connectivity index (χ4n) is 5.97. The largest absolute Gasteiger partial charge is 0.497 e. The van der Waals surface area contributed by atoms with E-state index in [0.29, 0.717) is 40.2 Å². The van der Waals surface area contributed by atoms with Gasteiger partial charge in [-0.2, -0.15) is 0 Å². The Kier molecular flexibility index (Phi) is 5.50. The zero-order valence-corrected chi connectivity index (χ0v) is 19.1. The van der Waals surface area contributed by atoms with Gasteiger partial charge < -0.3 is 19.8 Å². The van der Waals surface area contributed by atoms with Crippen molar-refractivity contribution in [3.05, 3.63) is 23.9 Å². The molecule has 7 heteroatoms. The highest BCUT2D eigenvalue weighted by Crippen LogP contribution is 2.52. The van der Waals surface area contributed by atoms with E-state index in [9.17, 15) is 9.59 Å². The Labute approximate surface area is 183 Å². The van der Waals surface area contributed by atoms with Crippen molar-refractivity contribution in [2.45, 2.75) is 52.5 Å². The van der Waals surface area contributed by atoms with E-state index < -0.39 is 5.97 Å². The van der Waals surface area contributed by atoms with Crippen LogP contribution in [0.5, 0.6) is 5.75 Å². The Morgan fingerprint density at radius 1 is 1.23 bits per heavy atom. The smallest absolute Gasteiger partial charge is 0.356 e. The number of rotatable bonds is 6. The molecule has 0 radical (unpaired) electrons. The monoisotopic (exact) mass is 427 g/mol. The van der Waals surface area contributed by atoms with Gasteiger partial charge in [0.05, 0.1) is 25.4 Å². The highest BCUT2D eigenvalue weighted by atomic mass is 16.5. The van der Waals surface area contributed by atoms with E-state index in [-0.39, 0.29) is 11.6 Å². The number of anilines is 1. The molecule has 0 spiro atoms. The minimum absolute atomic E-state index is 0.104. The second-order valence-corrected chi connectivity index (χ2v) is 10.3. The summed E-state index contributed by atoms with van der Waals surface area (Å²) in [4.78, 5) is 30.7. The van der Waals surface area contributed by atoms with Crippen LogP contribution in [0, 0.1) is 10.8 Å². The van der Waals surface area contributed by atoms with Crippen LogP contribution in [-0.2, 0) is 9.53 Å². The zero-order valence-electron chi connectivity index (χ0n) is 19.1. The highest BCUT2D eigenvalue weighted by Gasteiger charge is 2.49. The summed E-state index contributed by atoms with van der Waals surface area (Å²) in [6, 6.07) is 5.98. The molecule has 2 N–H and O–H groups in total. The first kappa shape index (κ1) is 21.7. The number of carbonyl (C=O) groups excluding carboxylic acids is 2. The van der Waals surface area contributed by atoms with Crippen LogP contribution in [0.2, 0.25) is 0 Å². The number of nitrogens with one attached hydrogen (secondary N) is 2. The Morgan fingerprint density at radius 3 is 2.71 bits per heavy atom. The van der Waals surface area contributed by atoms with Crippen molar-refractivity contribution in [1.82, 2.24) is 9.88 Å². The van der Waals surface area contributed by atoms with E-state index in [1.54, 1.807) is 19.2 Å². The standard InChI is InChI=1S/C24H33N3O4/c1-23(2)11-15-12-24(3,13-23)14-27(15)9-8-19(28)26-20-17-7-6-16(30-4)10-18(17)25-21(20)22(29)31-5/h6-7,10,15,25H,8-9,11-14H2,1-5H3,(H,26,28)/t15-,24-/m1/s1. The molecule has 2 atom stereocenters. The van der Waals surface area contributed by atoms with Gasteiger partial charge in [-0.25, -0.2) is 4.79 Å². The van der Waals surface area contributed by atoms with Crippen LogP contribution < -0.4 is 10.1 Å². The third-order valence-corrected chi connectivity index (χ3v) is 6.81. The van der Waals surface area contributed by atoms with Gasteiger partial charge in [-0.3, -0.25) is 9.69 Å². The number of aromatic nitrogens is 1. The van der Waals surface area contributed by atoms with Gasteiger partial charge in [0.2, 0.25) is 5.91 Å². The molecule has 168 valence electrons. The lowest BCUT2D eigenvalue weighted by molar-refractivity contribution is -0.116. The molecule has 0 unspecified atom stereocenters. The van der Waals surface area contributed by atoms with Gasteiger partial charge in [0.15, 0.2) is 0 Å². The van der Waals surface area contributed by atoms with Gasteiger partial charge in [0.1, 0.15) is 11.4 Å². The quantitative estimate of drug-likeness (QED) is 0.676. The van der Waals surface area contributed by atoms with Crippen LogP contribution >= 0.6 is 0 Å². The first-order valence-electron chi connectivity index (χ1n) is 10.9. The summed E-state index contributed by atoms with van der Waals surface area (Å²) in [5.74, 6) is 0.0429. The number of aromatic amines is 1. The van der Waals surface area contributed by atoms with Crippen LogP contribution in [-0.4, -0.2) is 55.1 Å². The van der Waals surface area contributed by atoms with Crippen molar-refractivity contribution < 1.29 is 19.1 Å². The van der Waals surface area contributed by atoms with Crippen molar-refractivity contribution in [2.75, 3.05) is 32.6 Å². The van der Waals surface area contributed by atoms with Crippen molar-refractivity contribution in [1.29, 1.82) is 0 Å². The van der Waals surface area contributed by atoms with E-state index in [4.69, 9.17) is 9.47 Å². The number of ether oxygens (including phenoxy) is 2. The molecular weight excluding hydrogens is 394 g/mol. The third kappa shape index (κ3) is 4.28. The fourth-order valence-corrected chi connectivity index (χ4v) is 5.97. The fraction of sp³-hybridized carbons (Fsp3) is 0.583. The van der Waals surface area contributed by atoms with Crippen LogP contribution in [0.1, 0.15) is 56.9 Å². The van der Waals surface area contributed by atoms with Crippen LogP contribution in [0.25, 0.3) is 10.9 Å². The van der Waals surface area contributed by atoms with E-state index in [1.165, 1.54) is 26.4 Å². The van der Waals surface area contributed by atoms with Crippen molar-refractivity contribution in [3.8, 4) is 5.75 Å². The molecule has 7 nitrogen and oxygen atoms in total. The summed E-state index contributed by atoms with van der Waals surface area (Å²) in [6.45, 7) is 8.87. The molecular formula is C24H33N3O4. The zero-order chi connectivity index (χ0) is 22.4. The average Bonchev–Trinajstić information content (AvgIpc) is 3.18. The summed E-state index contributed by atoms with van der Waals surface area (Å²) in [5, 5.41) is 3.71. The Morgan fingerprint density at radius 2 is 2.00 bits per heavy atom. The predicted octanol–water partition coefficient (Wildman–Crippen LogP) is 4.19. The maximum Gasteiger partial charge on any atom is 0.356 e. The summed E-state index contributed by atoms with van der Waals surface area (Å²) in [6.07, 6.45) is 4.02. The molecule has 31 heavy (non-hydrogen) atoms. The molecule has 1 saturated carbocycles. The number of H-pyrrole nitrogens is 1. The van der Waals surface area contributed by atoms with E-state index in [2.05, 4.69) is 36.0 Å². The molecule has 2 bridgehead atoms. The lowest BCUT2D eigenvalue weighted by atomic mass is 9.65. The Balaban J connectivity index is 1.48.